The summed E-state index contributed by atoms with van der Waals surface area (Å²) in [6, 6.07) is 2.93. The number of piperidine rings is 1. The van der Waals surface area contributed by atoms with E-state index in [0.29, 0.717) is 24.8 Å². The molecule has 0 radical (unpaired) electrons. The van der Waals surface area contributed by atoms with E-state index in [1.54, 1.807) is 18.7 Å². The van der Waals surface area contributed by atoms with Gasteiger partial charge in [-0.15, -0.1) is 0 Å². The number of rotatable bonds is 6. The Morgan fingerprint density at radius 1 is 1.26 bits per heavy atom. The number of aromatic nitrogens is 2. The fourth-order valence-corrected chi connectivity index (χ4v) is 4.79. The molecule has 1 saturated heterocycles. The van der Waals surface area contributed by atoms with Gasteiger partial charge in [0.15, 0.2) is 5.75 Å². The number of halogens is 4. The lowest BCUT2D eigenvalue weighted by Crippen LogP contribution is -2.56. The number of ether oxygens (including phenoxy) is 1. The summed E-state index contributed by atoms with van der Waals surface area (Å²) in [6.45, 7) is 7.55. The Balaban J connectivity index is 1.95. The minimum atomic E-state index is -4.54. The first kappa shape index (κ1) is 26.8. The molecule has 0 spiro atoms. The van der Waals surface area contributed by atoms with Crippen molar-refractivity contribution >= 4 is 23.6 Å². The van der Waals surface area contributed by atoms with Gasteiger partial charge in [-0.1, -0.05) is 18.5 Å². The predicted molar refractivity (Wildman–Crippen MR) is 126 cm³/mol. The van der Waals surface area contributed by atoms with Gasteiger partial charge in [0.1, 0.15) is 0 Å². The highest BCUT2D eigenvalue weighted by Gasteiger charge is 2.40. The monoisotopic (exact) mass is 514 g/mol. The number of amides is 1. The van der Waals surface area contributed by atoms with Crippen LogP contribution in [0.25, 0.3) is 0 Å². The summed E-state index contributed by atoms with van der Waals surface area (Å²) in [4.78, 5) is 24.7. The zero-order chi connectivity index (χ0) is 25.9. The SMILES string of the molecule is CC[C@@H]1C[C@H](N(Cc2cc(Cl)cc(C(F)(F)F)c2)c2ncc(O)cn2)CC(C)N1C(=O)OC(C)C. The number of alkyl halides is 3. The van der Waals surface area contributed by atoms with Gasteiger partial charge in [-0.2, -0.15) is 13.2 Å². The minimum Gasteiger partial charge on any atom is -0.505 e. The van der Waals surface area contributed by atoms with E-state index in [1.165, 1.54) is 18.5 Å². The third-order valence-electron chi connectivity index (χ3n) is 6.00. The summed E-state index contributed by atoms with van der Waals surface area (Å²) in [5, 5.41) is 9.63. The number of carbonyl (C=O) groups excluding carboxylic acids is 1. The number of aromatic hydroxyl groups is 1. The molecule has 3 rings (SSSR count). The van der Waals surface area contributed by atoms with Crippen molar-refractivity contribution in [3.8, 4) is 5.75 Å². The standard InChI is InChI=1S/C24H30ClF3N4O3/c1-5-19-10-20(6-15(4)32(19)23(34)35-14(2)3)31(22-29-11-21(33)12-30-22)13-16-7-17(24(26,27)28)9-18(25)8-16/h7-9,11-12,14-15,19-20,33H,5-6,10,13H2,1-4H3/t15?,19-,20-/m1/s1. The first-order valence-electron chi connectivity index (χ1n) is 11.5. The van der Waals surface area contributed by atoms with Crippen LogP contribution >= 0.6 is 11.6 Å². The molecule has 0 aliphatic carbocycles. The second-order valence-electron chi connectivity index (χ2n) is 9.09. The van der Waals surface area contributed by atoms with Crippen LogP contribution in [0, 0.1) is 0 Å². The van der Waals surface area contributed by atoms with E-state index in [2.05, 4.69) is 9.97 Å². The van der Waals surface area contributed by atoms with Gasteiger partial charge >= 0.3 is 12.3 Å². The van der Waals surface area contributed by atoms with Crippen LogP contribution in [0.2, 0.25) is 5.02 Å². The number of anilines is 1. The molecule has 1 aromatic heterocycles. The first-order chi connectivity index (χ1) is 16.4. The average Bonchev–Trinajstić information content (AvgIpc) is 2.76. The smallest absolute Gasteiger partial charge is 0.416 e. The third kappa shape index (κ3) is 6.68. The maximum atomic E-state index is 13.4. The Hall–Kier alpha value is -2.75. The number of carbonyl (C=O) groups is 1. The molecular formula is C24H30ClF3N4O3. The lowest BCUT2D eigenvalue weighted by Gasteiger charge is -2.46. The van der Waals surface area contributed by atoms with Crippen LogP contribution in [0.5, 0.6) is 5.75 Å². The fourth-order valence-electron chi connectivity index (χ4n) is 4.53. The molecule has 0 bridgehead atoms. The van der Waals surface area contributed by atoms with Crippen LogP contribution in [0.1, 0.15) is 58.1 Å². The van der Waals surface area contributed by atoms with E-state index >= 15 is 0 Å². The van der Waals surface area contributed by atoms with E-state index < -0.39 is 11.7 Å². The van der Waals surface area contributed by atoms with Gasteiger partial charge in [-0.05, 0) is 63.8 Å². The maximum absolute atomic E-state index is 13.4. The summed E-state index contributed by atoms with van der Waals surface area (Å²) >= 11 is 6.02. The molecule has 2 aromatic rings. The number of hydrogen-bond donors (Lipinski definition) is 1. The Labute approximate surface area is 207 Å². The average molecular weight is 515 g/mol. The Kier molecular flexibility index (Phi) is 8.35. The largest absolute Gasteiger partial charge is 0.505 e. The molecule has 0 saturated carbocycles. The topological polar surface area (TPSA) is 78.8 Å². The van der Waals surface area contributed by atoms with Crippen molar-refractivity contribution in [1.82, 2.24) is 14.9 Å². The van der Waals surface area contributed by atoms with Crippen LogP contribution in [0.15, 0.2) is 30.6 Å². The predicted octanol–water partition coefficient (Wildman–Crippen LogP) is 6.04. The van der Waals surface area contributed by atoms with Crippen LogP contribution in [-0.2, 0) is 17.5 Å². The number of nitrogens with zero attached hydrogens (tertiary/aromatic N) is 4. The summed E-state index contributed by atoms with van der Waals surface area (Å²) < 4.78 is 45.6. The van der Waals surface area contributed by atoms with Crippen LogP contribution in [0.4, 0.5) is 23.9 Å². The maximum Gasteiger partial charge on any atom is 0.416 e. The van der Waals surface area contributed by atoms with Gasteiger partial charge in [0, 0.05) is 29.7 Å². The molecule has 1 aromatic carbocycles. The van der Waals surface area contributed by atoms with Gasteiger partial charge in [-0.25, -0.2) is 14.8 Å². The van der Waals surface area contributed by atoms with E-state index in [1.807, 2.05) is 18.7 Å². The summed E-state index contributed by atoms with van der Waals surface area (Å²) in [5.41, 5.74) is -0.485. The second-order valence-corrected chi connectivity index (χ2v) is 9.53. The Morgan fingerprint density at radius 2 is 1.91 bits per heavy atom. The molecule has 1 aliphatic heterocycles. The molecule has 35 heavy (non-hydrogen) atoms. The molecule has 1 aliphatic rings. The highest BCUT2D eigenvalue weighted by Crippen LogP contribution is 2.35. The van der Waals surface area contributed by atoms with Crippen LogP contribution in [0.3, 0.4) is 0 Å². The lowest BCUT2D eigenvalue weighted by molar-refractivity contribution is -0.137. The minimum absolute atomic E-state index is 0.0209. The number of likely N-dealkylation sites (tertiary alicyclic amines) is 1. The highest BCUT2D eigenvalue weighted by molar-refractivity contribution is 6.30. The van der Waals surface area contributed by atoms with E-state index in [4.69, 9.17) is 16.3 Å². The molecule has 1 fully saturated rings. The Morgan fingerprint density at radius 3 is 2.49 bits per heavy atom. The molecule has 1 amide bonds. The van der Waals surface area contributed by atoms with Crippen molar-refractivity contribution in [1.29, 1.82) is 0 Å². The van der Waals surface area contributed by atoms with Gasteiger partial charge < -0.3 is 19.6 Å². The van der Waals surface area contributed by atoms with Crippen molar-refractivity contribution in [2.75, 3.05) is 4.90 Å². The Bertz CT molecular complexity index is 1020. The van der Waals surface area contributed by atoms with Crippen LogP contribution in [-0.4, -0.2) is 50.3 Å². The zero-order valence-corrected chi connectivity index (χ0v) is 20.8. The van der Waals surface area contributed by atoms with E-state index in [-0.39, 0.29) is 53.6 Å². The fraction of sp³-hybridized carbons (Fsp3) is 0.542. The molecule has 1 unspecified atom stereocenters. The quantitative estimate of drug-likeness (QED) is 0.506. The van der Waals surface area contributed by atoms with Gasteiger partial charge in [0.2, 0.25) is 5.95 Å². The molecule has 3 atom stereocenters. The molecule has 7 nitrogen and oxygen atoms in total. The van der Waals surface area contributed by atoms with Crippen molar-refractivity contribution in [3.05, 3.63) is 46.7 Å². The van der Waals surface area contributed by atoms with E-state index in [9.17, 15) is 23.1 Å². The van der Waals surface area contributed by atoms with Crippen molar-refractivity contribution in [2.45, 2.75) is 83.9 Å². The number of benzene rings is 1. The summed E-state index contributed by atoms with van der Waals surface area (Å²) in [6.07, 6.45) is -0.940. The third-order valence-corrected chi connectivity index (χ3v) is 6.22. The first-order valence-corrected chi connectivity index (χ1v) is 11.9. The van der Waals surface area contributed by atoms with Crippen molar-refractivity contribution in [2.24, 2.45) is 0 Å². The van der Waals surface area contributed by atoms with Crippen LogP contribution < -0.4 is 4.90 Å². The van der Waals surface area contributed by atoms with Crippen molar-refractivity contribution < 1.29 is 27.8 Å². The molecule has 11 heteroatoms. The number of hydrogen-bond acceptors (Lipinski definition) is 6. The van der Waals surface area contributed by atoms with Gasteiger partial charge in [0.05, 0.1) is 24.1 Å². The zero-order valence-electron chi connectivity index (χ0n) is 20.1. The molecular weight excluding hydrogens is 485 g/mol. The second kappa shape index (κ2) is 10.9. The molecule has 1 N–H and O–H groups in total. The highest BCUT2D eigenvalue weighted by atomic mass is 35.5. The molecule has 2 heterocycles. The normalized spacial score (nSPS) is 20.7. The van der Waals surface area contributed by atoms with Gasteiger partial charge in [0.25, 0.3) is 0 Å². The lowest BCUT2D eigenvalue weighted by atomic mass is 9.89. The van der Waals surface area contributed by atoms with Crippen molar-refractivity contribution in [3.63, 3.8) is 0 Å². The summed E-state index contributed by atoms with van der Waals surface area (Å²) in [5.74, 6) is 0.142. The van der Waals surface area contributed by atoms with Gasteiger partial charge in [-0.3, -0.25) is 0 Å². The molecule has 192 valence electrons. The van der Waals surface area contributed by atoms with E-state index in [0.717, 1.165) is 12.1 Å². The summed E-state index contributed by atoms with van der Waals surface area (Å²) in [7, 11) is 0.